The van der Waals surface area contributed by atoms with Crippen LogP contribution in [0.5, 0.6) is 11.5 Å². The third-order valence-electron chi connectivity index (χ3n) is 8.89. The Kier molecular flexibility index (Phi) is 11.4. The van der Waals surface area contributed by atoms with Gasteiger partial charge in [0, 0.05) is 63.0 Å². The zero-order valence-electron chi connectivity index (χ0n) is 27.5. The van der Waals surface area contributed by atoms with Crippen molar-refractivity contribution in [3.63, 3.8) is 0 Å². The molecule has 7 rings (SSSR count). The molecule has 252 valence electrons. The van der Waals surface area contributed by atoms with Crippen LogP contribution in [0.2, 0.25) is 0 Å². The summed E-state index contributed by atoms with van der Waals surface area (Å²) in [6.45, 7) is 3.78. The Balaban J connectivity index is 0.000000160. The molecule has 0 unspecified atom stereocenters. The highest BCUT2D eigenvalue weighted by molar-refractivity contribution is 6.00. The standard InChI is InChI=1S/C20H19NO3.C12H13NO2.C8H8O2/c22-17-14-20(24-18-9-5-4-8-16(17)18)10-12-21(13-11-20)19(23)15-6-2-1-3-7-15;14-11-6-8-13(9-7-11)12(15)10-4-2-1-3-5-10;1-6(9)7-4-2-3-5-8(7)10/h1-9H,10-14H2;1-5H,6-9H2;2-5,10H,1H3. The second-order valence-electron chi connectivity index (χ2n) is 12.3. The van der Waals surface area contributed by atoms with Gasteiger partial charge in [-0.25, -0.2) is 0 Å². The topological polar surface area (TPSA) is 121 Å². The van der Waals surface area contributed by atoms with Gasteiger partial charge in [-0.1, -0.05) is 60.7 Å². The molecule has 0 aromatic heterocycles. The molecular weight excluding hydrogens is 620 g/mol. The van der Waals surface area contributed by atoms with Crippen LogP contribution in [0, 0.1) is 0 Å². The second-order valence-corrected chi connectivity index (χ2v) is 12.3. The first-order valence-electron chi connectivity index (χ1n) is 16.5. The van der Waals surface area contributed by atoms with Crippen molar-refractivity contribution in [1.82, 2.24) is 9.80 Å². The number of carbonyl (C=O) groups is 5. The number of aromatic hydroxyl groups is 1. The lowest BCUT2D eigenvalue weighted by molar-refractivity contribution is -0.120. The van der Waals surface area contributed by atoms with Crippen molar-refractivity contribution in [3.8, 4) is 11.5 Å². The predicted molar refractivity (Wildman–Crippen MR) is 185 cm³/mol. The largest absolute Gasteiger partial charge is 0.507 e. The molecule has 0 radical (unpaired) electrons. The van der Waals surface area contributed by atoms with E-state index < -0.39 is 5.60 Å². The molecule has 9 heteroatoms. The summed E-state index contributed by atoms with van der Waals surface area (Å²) in [5, 5.41) is 9.06. The summed E-state index contributed by atoms with van der Waals surface area (Å²) in [5.74, 6) is 1.09. The molecule has 0 bridgehead atoms. The number of carbonyl (C=O) groups excluding carboxylic acids is 5. The van der Waals surface area contributed by atoms with Gasteiger partial charge in [-0.05, 0) is 55.5 Å². The molecule has 0 atom stereocenters. The summed E-state index contributed by atoms with van der Waals surface area (Å²) in [6, 6.07) is 32.4. The molecule has 0 aliphatic carbocycles. The average Bonchev–Trinajstić information content (AvgIpc) is 3.13. The molecular formula is C40H40N2O7. The molecule has 4 aromatic carbocycles. The van der Waals surface area contributed by atoms with Crippen molar-refractivity contribution < 1.29 is 33.8 Å². The first-order chi connectivity index (χ1) is 23.7. The third-order valence-corrected chi connectivity index (χ3v) is 8.89. The Bertz CT molecular complexity index is 1790. The van der Waals surface area contributed by atoms with Crippen LogP contribution in [0.15, 0.2) is 109 Å². The zero-order chi connectivity index (χ0) is 34.8. The van der Waals surface area contributed by atoms with E-state index in [4.69, 9.17) is 9.84 Å². The van der Waals surface area contributed by atoms with Crippen molar-refractivity contribution in [2.24, 2.45) is 0 Å². The molecule has 49 heavy (non-hydrogen) atoms. The molecule has 3 aliphatic rings. The van der Waals surface area contributed by atoms with Crippen molar-refractivity contribution >= 4 is 29.2 Å². The summed E-state index contributed by atoms with van der Waals surface area (Å²) in [7, 11) is 0. The molecule has 2 amide bonds. The van der Waals surface area contributed by atoms with Gasteiger partial charge < -0.3 is 19.6 Å². The van der Waals surface area contributed by atoms with Gasteiger partial charge in [0.2, 0.25) is 0 Å². The lowest BCUT2D eigenvalue weighted by Gasteiger charge is -2.44. The number of rotatable bonds is 3. The SMILES string of the molecule is CC(=O)c1ccccc1O.O=C1CC2(CCN(C(=O)c3ccccc3)CC2)Oc2ccccc21.O=C1CCN(C(=O)c2ccccc2)CC1. The maximum absolute atomic E-state index is 12.6. The molecule has 1 N–H and O–H groups in total. The normalized spacial score (nSPS) is 16.2. The van der Waals surface area contributed by atoms with Gasteiger partial charge >= 0.3 is 0 Å². The monoisotopic (exact) mass is 660 g/mol. The predicted octanol–water partition coefficient (Wildman–Crippen LogP) is 6.41. The number of benzene rings is 4. The highest BCUT2D eigenvalue weighted by atomic mass is 16.5. The maximum Gasteiger partial charge on any atom is 0.253 e. The summed E-state index contributed by atoms with van der Waals surface area (Å²) in [4.78, 5) is 62.2. The number of hydrogen-bond donors (Lipinski definition) is 1. The van der Waals surface area contributed by atoms with Crippen LogP contribution >= 0.6 is 0 Å². The first-order valence-corrected chi connectivity index (χ1v) is 16.5. The molecule has 3 heterocycles. The van der Waals surface area contributed by atoms with E-state index in [0.717, 1.165) is 0 Å². The Morgan fingerprint density at radius 2 is 1.14 bits per heavy atom. The van der Waals surface area contributed by atoms with Crippen LogP contribution in [0.4, 0.5) is 0 Å². The van der Waals surface area contributed by atoms with E-state index in [9.17, 15) is 24.0 Å². The molecule has 2 fully saturated rings. The van der Waals surface area contributed by atoms with E-state index in [1.165, 1.54) is 13.0 Å². The fourth-order valence-corrected chi connectivity index (χ4v) is 6.10. The molecule has 2 saturated heterocycles. The molecule has 0 saturated carbocycles. The van der Waals surface area contributed by atoms with Crippen LogP contribution in [-0.4, -0.2) is 75.9 Å². The average molecular weight is 661 g/mol. The van der Waals surface area contributed by atoms with Crippen LogP contribution in [0.3, 0.4) is 0 Å². The number of hydrogen-bond acceptors (Lipinski definition) is 7. The minimum atomic E-state index is -0.459. The highest BCUT2D eigenvalue weighted by Gasteiger charge is 2.43. The lowest BCUT2D eigenvalue weighted by atomic mass is 9.82. The fourth-order valence-electron chi connectivity index (χ4n) is 6.10. The van der Waals surface area contributed by atoms with Gasteiger partial charge in [-0.3, -0.25) is 24.0 Å². The van der Waals surface area contributed by atoms with Crippen molar-refractivity contribution in [2.45, 2.75) is 44.6 Å². The Hall–Kier alpha value is -5.57. The second kappa shape index (κ2) is 16.0. The number of piperidine rings is 2. The van der Waals surface area contributed by atoms with E-state index in [1.807, 2.05) is 77.7 Å². The number of phenolic OH excluding ortho intramolecular Hbond substituents is 1. The van der Waals surface area contributed by atoms with Gasteiger partial charge in [0.1, 0.15) is 22.9 Å². The summed E-state index contributed by atoms with van der Waals surface area (Å²) in [5.41, 5.74) is 2.00. The number of ether oxygens (including phenoxy) is 1. The number of nitrogens with zero attached hydrogens (tertiary/aromatic N) is 2. The van der Waals surface area contributed by atoms with Gasteiger partial charge in [0.05, 0.1) is 17.5 Å². The Morgan fingerprint density at radius 3 is 1.67 bits per heavy atom. The maximum atomic E-state index is 12.6. The van der Waals surface area contributed by atoms with E-state index in [0.29, 0.717) is 86.3 Å². The van der Waals surface area contributed by atoms with Gasteiger partial charge in [-0.15, -0.1) is 0 Å². The number of Topliss-reactive ketones (excluding diaryl/α,β-unsaturated/α-hetero) is 3. The number of fused-ring (bicyclic) bond motifs is 1. The molecule has 1 spiro atoms. The van der Waals surface area contributed by atoms with Crippen molar-refractivity contribution in [3.05, 3.63) is 131 Å². The van der Waals surface area contributed by atoms with Gasteiger partial charge in [0.15, 0.2) is 11.6 Å². The van der Waals surface area contributed by atoms with Crippen molar-refractivity contribution in [2.75, 3.05) is 26.2 Å². The number of ketones is 3. The van der Waals surface area contributed by atoms with E-state index in [2.05, 4.69) is 0 Å². The zero-order valence-corrected chi connectivity index (χ0v) is 27.5. The number of para-hydroxylation sites is 2. The summed E-state index contributed by atoms with van der Waals surface area (Å²) in [6.07, 6.45) is 2.77. The van der Waals surface area contributed by atoms with Crippen molar-refractivity contribution in [1.29, 1.82) is 0 Å². The first kappa shape index (κ1) is 34.8. The van der Waals surface area contributed by atoms with E-state index >= 15 is 0 Å². The Morgan fingerprint density at radius 1 is 0.653 bits per heavy atom. The number of amides is 2. The fraction of sp³-hybridized carbons (Fsp3) is 0.275. The quantitative estimate of drug-likeness (QED) is 0.252. The van der Waals surface area contributed by atoms with Gasteiger partial charge in [0.25, 0.3) is 11.8 Å². The summed E-state index contributed by atoms with van der Waals surface area (Å²) < 4.78 is 6.21. The van der Waals surface area contributed by atoms with Crippen LogP contribution in [-0.2, 0) is 4.79 Å². The number of phenols is 1. The summed E-state index contributed by atoms with van der Waals surface area (Å²) >= 11 is 0. The minimum absolute atomic E-state index is 0.0306. The minimum Gasteiger partial charge on any atom is -0.507 e. The highest BCUT2D eigenvalue weighted by Crippen LogP contribution is 2.39. The molecule has 9 nitrogen and oxygen atoms in total. The van der Waals surface area contributed by atoms with Gasteiger partial charge in [-0.2, -0.15) is 0 Å². The smallest absolute Gasteiger partial charge is 0.253 e. The Labute approximate surface area is 286 Å². The molecule has 4 aromatic rings. The molecule has 3 aliphatic heterocycles. The van der Waals surface area contributed by atoms with E-state index in [1.54, 1.807) is 35.2 Å². The van der Waals surface area contributed by atoms with Crippen LogP contribution in [0.25, 0.3) is 0 Å². The van der Waals surface area contributed by atoms with Crippen LogP contribution in [0.1, 0.15) is 80.5 Å². The number of likely N-dealkylation sites (tertiary alicyclic amines) is 2. The van der Waals surface area contributed by atoms with E-state index in [-0.39, 0.29) is 34.9 Å². The third kappa shape index (κ3) is 8.87. The van der Waals surface area contributed by atoms with Crippen LogP contribution < -0.4 is 4.74 Å². The lowest BCUT2D eigenvalue weighted by Crippen LogP contribution is -2.52.